The molecule has 0 fully saturated rings. The Labute approximate surface area is 100 Å². The van der Waals surface area contributed by atoms with Crippen molar-refractivity contribution in [1.82, 2.24) is 9.78 Å². The maximum absolute atomic E-state index is 10.8. The fourth-order valence-corrected chi connectivity index (χ4v) is 1.63. The summed E-state index contributed by atoms with van der Waals surface area (Å²) in [5.74, 6) is -2.96. The van der Waals surface area contributed by atoms with Gasteiger partial charge >= 0.3 is 0 Å². The summed E-state index contributed by atoms with van der Waals surface area (Å²) >= 11 is 3.22. The summed E-state index contributed by atoms with van der Waals surface area (Å²) in [7, 11) is 0. The first-order chi connectivity index (χ1) is 7.34. The molecule has 1 aromatic heterocycles. The molecule has 6 nitrogen and oxygen atoms in total. The fourth-order valence-electron chi connectivity index (χ4n) is 1.37. The Hall–Kier alpha value is -1.37. The molecule has 0 saturated heterocycles. The Morgan fingerprint density at radius 3 is 2.31 bits per heavy atom. The van der Waals surface area contributed by atoms with Gasteiger partial charge in [0, 0.05) is 12.4 Å². The van der Waals surface area contributed by atoms with E-state index in [2.05, 4.69) is 21.0 Å². The fraction of sp³-hybridized carbons (Fsp3) is 0.444. The van der Waals surface area contributed by atoms with E-state index >= 15 is 0 Å². The van der Waals surface area contributed by atoms with Gasteiger partial charge in [-0.3, -0.25) is 4.68 Å². The maximum Gasteiger partial charge on any atom is 0.0967 e. The summed E-state index contributed by atoms with van der Waals surface area (Å²) in [6.07, 6.45) is -0.670. The first-order valence-electron chi connectivity index (χ1n) is 4.46. The van der Waals surface area contributed by atoms with Crippen LogP contribution in [0.2, 0.25) is 0 Å². The highest BCUT2D eigenvalue weighted by Crippen LogP contribution is 2.23. The van der Waals surface area contributed by atoms with E-state index in [1.807, 2.05) is 0 Å². The van der Waals surface area contributed by atoms with Crippen LogP contribution in [0.3, 0.4) is 0 Å². The van der Waals surface area contributed by atoms with Crippen LogP contribution in [0.4, 0.5) is 0 Å². The minimum absolute atomic E-state index is 0.535. The maximum atomic E-state index is 10.8. The predicted molar refractivity (Wildman–Crippen MR) is 53.1 cm³/mol. The van der Waals surface area contributed by atoms with E-state index in [1.165, 1.54) is 0 Å². The molecule has 1 atom stereocenters. The molecule has 0 aliphatic heterocycles. The second-order valence-corrected chi connectivity index (χ2v) is 4.13. The summed E-state index contributed by atoms with van der Waals surface area (Å²) in [6, 6.07) is -1.35. The van der Waals surface area contributed by atoms with Crippen molar-refractivity contribution in [1.29, 1.82) is 0 Å². The Kier molecular flexibility index (Phi) is 3.69. The summed E-state index contributed by atoms with van der Waals surface area (Å²) < 4.78 is 1.77. The van der Waals surface area contributed by atoms with Crippen LogP contribution in [0, 0.1) is 13.8 Å². The molecule has 88 valence electrons. The summed E-state index contributed by atoms with van der Waals surface area (Å²) in [5, 5.41) is 25.2. The van der Waals surface area contributed by atoms with Crippen LogP contribution < -0.4 is 10.2 Å². The monoisotopic (exact) mass is 288 g/mol. The second-order valence-electron chi connectivity index (χ2n) is 3.34. The van der Waals surface area contributed by atoms with Gasteiger partial charge in [0.1, 0.15) is 0 Å². The van der Waals surface area contributed by atoms with Gasteiger partial charge in [-0.15, -0.1) is 0 Å². The van der Waals surface area contributed by atoms with Crippen molar-refractivity contribution in [2.75, 3.05) is 0 Å². The van der Waals surface area contributed by atoms with Crippen molar-refractivity contribution in [3.63, 3.8) is 0 Å². The highest BCUT2D eigenvalue weighted by atomic mass is 79.9. The highest BCUT2D eigenvalue weighted by molar-refractivity contribution is 9.10. The standard InChI is InChI=1S/C9H11BrN2O4/c1-4-8(10)5(2)12(11-4)6(9(15)16)3-7(13)14/h6H,3H2,1-2H3,(H,13,14)(H,15,16)/p-2. The molecular weight excluding hydrogens is 280 g/mol. The van der Waals surface area contributed by atoms with Crippen molar-refractivity contribution in [3.05, 3.63) is 15.9 Å². The van der Waals surface area contributed by atoms with Crippen LogP contribution in [0.25, 0.3) is 0 Å². The van der Waals surface area contributed by atoms with E-state index in [9.17, 15) is 19.8 Å². The summed E-state index contributed by atoms with van der Waals surface area (Å²) in [5.41, 5.74) is 1.12. The summed E-state index contributed by atoms with van der Waals surface area (Å²) in [4.78, 5) is 21.3. The number of aliphatic carboxylic acids is 2. The average Bonchev–Trinajstić information content (AvgIpc) is 2.42. The van der Waals surface area contributed by atoms with Crippen molar-refractivity contribution >= 4 is 27.9 Å². The zero-order chi connectivity index (χ0) is 12.5. The molecule has 0 aliphatic rings. The number of halogens is 1. The number of hydrogen-bond donors (Lipinski definition) is 0. The lowest BCUT2D eigenvalue weighted by Crippen LogP contribution is -2.38. The number of carboxylic acids is 2. The zero-order valence-electron chi connectivity index (χ0n) is 8.69. The van der Waals surface area contributed by atoms with E-state index < -0.39 is 24.4 Å². The first kappa shape index (κ1) is 12.7. The van der Waals surface area contributed by atoms with Crippen LogP contribution in [0.15, 0.2) is 4.47 Å². The minimum Gasteiger partial charge on any atom is -0.550 e. The van der Waals surface area contributed by atoms with Gasteiger partial charge in [0.25, 0.3) is 0 Å². The van der Waals surface area contributed by atoms with Gasteiger partial charge in [-0.05, 0) is 29.8 Å². The Balaban J connectivity index is 3.16. The van der Waals surface area contributed by atoms with Crippen LogP contribution in [0.1, 0.15) is 23.9 Å². The number of carbonyl (C=O) groups excluding carboxylic acids is 2. The molecule has 0 N–H and O–H groups in total. The van der Waals surface area contributed by atoms with Gasteiger partial charge in [-0.1, -0.05) is 0 Å². The number of nitrogens with zero attached hydrogens (tertiary/aromatic N) is 2. The van der Waals surface area contributed by atoms with Crippen molar-refractivity contribution in [2.24, 2.45) is 0 Å². The lowest BCUT2D eigenvalue weighted by molar-refractivity contribution is -0.319. The third kappa shape index (κ3) is 2.41. The SMILES string of the molecule is Cc1nn(C(CC(=O)[O-])C(=O)[O-])c(C)c1Br. The van der Waals surface area contributed by atoms with Gasteiger partial charge < -0.3 is 19.8 Å². The number of aryl methyl sites for hydroxylation is 1. The first-order valence-corrected chi connectivity index (χ1v) is 5.25. The topological polar surface area (TPSA) is 98.1 Å². The molecule has 1 rings (SSSR count). The van der Waals surface area contributed by atoms with Crippen LogP contribution in [-0.4, -0.2) is 21.7 Å². The van der Waals surface area contributed by atoms with Gasteiger partial charge in [0.15, 0.2) is 0 Å². The molecule has 0 spiro atoms. The molecule has 0 saturated carbocycles. The Morgan fingerprint density at radius 2 is 2.00 bits per heavy atom. The van der Waals surface area contributed by atoms with Crippen molar-refractivity contribution in [2.45, 2.75) is 26.3 Å². The molecule has 0 aliphatic carbocycles. The Bertz CT molecular complexity index is 441. The van der Waals surface area contributed by atoms with E-state index in [0.717, 1.165) is 4.68 Å². The van der Waals surface area contributed by atoms with E-state index in [0.29, 0.717) is 15.9 Å². The minimum atomic E-state index is -1.50. The van der Waals surface area contributed by atoms with E-state index in [4.69, 9.17) is 0 Å². The largest absolute Gasteiger partial charge is 0.550 e. The molecule has 16 heavy (non-hydrogen) atoms. The molecule has 0 amide bonds. The molecule has 7 heteroatoms. The van der Waals surface area contributed by atoms with Gasteiger partial charge in [-0.2, -0.15) is 5.10 Å². The lowest BCUT2D eigenvalue weighted by atomic mass is 10.2. The van der Waals surface area contributed by atoms with Crippen LogP contribution in [-0.2, 0) is 9.59 Å². The molecular formula is C9H9BrN2O4-2. The van der Waals surface area contributed by atoms with Gasteiger partial charge in [0.05, 0.1) is 27.9 Å². The lowest BCUT2D eigenvalue weighted by Gasteiger charge is -2.20. The van der Waals surface area contributed by atoms with E-state index in [-0.39, 0.29) is 0 Å². The second kappa shape index (κ2) is 4.65. The molecule has 1 aromatic rings. The third-order valence-corrected chi connectivity index (χ3v) is 3.31. The number of carboxylic acid groups (broad SMARTS) is 2. The van der Waals surface area contributed by atoms with Crippen molar-refractivity contribution < 1.29 is 19.8 Å². The quantitative estimate of drug-likeness (QED) is 0.685. The predicted octanol–water partition coefficient (Wildman–Crippen LogP) is -1.31. The Morgan fingerprint density at radius 1 is 1.44 bits per heavy atom. The third-order valence-electron chi connectivity index (χ3n) is 2.16. The summed E-state index contributed by atoms with van der Waals surface area (Å²) in [6.45, 7) is 3.31. The molecule has 0 aromatic carbocycles. The molecule has 1 unspecified atom stereocenters. The average molecular weight is 289 g/mol. The van der Waals surface area contributed by atoms with Crippen LogP contribution in [0.5, 0.6) is 0 Å². The van der Waals surface area contributed by atoms with Crippen molar-refractivity contribution in [3.8, 4) is 0 Å². The molecule has 0 radical (unpaired) electrons. The number of carbonyl (C=O) groups is 2. The number of aromatic nitrogens is 2. The smallest absolute Gasteiger partial charge is 0.0967 e. The molecule has 0 bridgehead atoms. The zero-order valence-corrected chi connectivity index (χ0v) is 10.3. The van der Waals surface area contributed by atoms with E-state index in [1.54, 1.807) is 13.8 Å². The van der Waals surface area contributed by atoms with Gasteiger partial charge in [-0.25, -0.2) is 0 Å². The van der Waals surface area contributed by atoms with Crippen LogP contribution >= 0.6 is 15.9 Å². The molecule has 1 heterocycles. The number of hydrogen-bond acceptors (Lipinski definition) is 5. The van der Waals surface area contributed by atoms with Gasteiger partial charge in [0.2, 0.25) is 0 Å². The number of rotatable bonds is 4. The normalized spacial score (nSPS) is 12.4. The highest BCUT2D eigenvalue weighted by Gasteiger charge is 2.18.